The van der Waals surface area contributed by atoms with Crippen LogP contribution < -0.4 is 61.3 Å². The Labute approximate surface area is 712 Å². The highest BCUT2D eigenvalue weighted by atomic mass is 35.5. The monoisotopic (exact) mass is 1760 g/mol. The number of phenolic OH excluding ortho intramolecular Hbond substituents is 4. The molecule has 17 bridgehead atoms. The molecule has 16 rings (SSSR count). The van der Waals surface area contributed by atoms with E-state index in [0.29, 0.717) is 0 Å². The van der Waals surface area contributed by atoms with Gasteiger partial charge in [-0.2, -0.15) is 0 Å². The molecule has 9 aliphatic rings. The molecule has 0 aromatic heterocycles. The molecule has 9 heterocycles. The molecule has 0 radical (unpaired) electrons. The molecule has 3 saturated heterocycles. The Hall–Kier alpha value is -11.4. The van der Waals surface area contributed by atoms with Gasteiger partial charge in [-0.15, -0.1) is 0 Å². The maximum atomic E-state index is 17.0. The summed E-state index contributed by atoms with van der Waals surface area (Å²) in [6, 6.07) is 10.4. The fraction of sp³-hybridized carbons (Fsp3) is 0.386. The number of carbonyl (C=O) groups is 9. The second kappa shape index (κ2) is 36.8. The fourth-order valence-electron chi connectivity index (χ4n) is 15.7. The minimum atomic E-state index is -2.33. The SMILES string of the molecule is CC(=O)CC(=O)NC1[C@H](Oc2c3cc4cc2Oc2ccc(cc2Cl)[C@@H](O[C@@H]2OC(CO)[C@@H](O)[C@H](O)C2NC(C)=O)[C@@H]2NC(=O)[C@H](CC(=O)[C@@H]4NC(=O)[C@H]4CC(=O)[C@@H](Cc5ccc(c(Cl)c5)O3)NC(=O)[C@H](N)c3ccc(O)c(c3)Oc3cc(O)cc4c3)c3ccc(O)c(c3)-c3c(cc(O)cc3O[C@H]3OC(CO)[C@@H](O)C(O)[C@H]3O)CNC2=O)OC(CO)[C@@H](O)[C@@H]1O. The lowest BCUT2D eigenvalue weighted by atomic mass is 9.85. The van der Waals surface area contributed by atoms with E-state index in [1.165, 1.54) is 42.5 Å². The number of fused-ring (bicyclic) bond motifs is 14. The van der Waals surface area contributed by atoms with E-state index in [1.807, 2.05) is 0 Å². The molecule has 39 nitrogen and oxygen atoms in total. The van der Waals surface area contributed by atoms with Crippen LogP contribution in [-0.2, 0) is 75.1 Å². The smallest absolute Gasteiger partial charge is 0.245 e. The second-order valence-electron chi connectivity index (χ2n) is 30.8. The highest BCUT2D eigenvalue weighted by Crippen LogP contribution is 2.51. The van der Waals surface area contributed by atoms with Gasteiger partial charge >= 0.3 is 0 Å². The maximum Gasteiger partial charge on any atom is 0.245 e. The molecule has 0 aliphatic carbocycles. The number of phenols is 4. The molecular formula is C83H85Cl2N7O32. The standard InChI is InChI=1S/C83H85Cl2N7O32/c1-30(96)11-61(104)90-66-72(109)69(106)59(28-94)121-82(66)124-76-56-20-37-21-57(76)118-53-10-6-35(18-46(53)85)75(123-81-65(88-31(2)97)71(108)68(105)58(27-93)120-81)67-80(115)87-26-38-15-40(99)23-55(119-83-74(111)73(110)70(107)60(29-95)122-83)62(38)44-17-33(4-7-48(44)100)42(77(112)92-67)25-51(103)64(37)91-78(113)43-24-50(102)47(13-32-3-9-52(117-56)45(84)12-32)89-79(114)63(86)34-5-8-49(101)54(19-34)116-41-16-36(43)14-39(98)22-41/h3-10,12,14-23,42-43,47,58-60,63-75,81-83,93-95,98-101,105-111H,11,13,24-29,86H2,1-2H3,(H,87,115)(H,88,97)(H,89,114)(H,90,104)(H,91,113)(H,92,112)/t42-,43+,47-,58?,59?,60?,63-,64-,65?,66?,67+,68-,69-,70-,71-,72-,73?,74-,75-,81+,82+,83+/m1/s1. The minimum absolute atomic E-state index is 0.0585. The number of amides is 6. The van der Waals surface area contributed by atoms with Gasteiger partial charge in [0.2, 0.25) is 53.8 Å². The molecule has 0 spiro atoms. The van der Waals surface area contributed by atoms with Crippen molar-refractivity contribution in [1.82, 2.24) is 31.9 Å². The maximum absolute atomic E-state index is 17.0. The molecule has 6 unspecified atom stereocenters. The van der Waals surface area contributed by atoms with E-state index in [2.05, 4.69) is 31.9 Å². The van der Waals surface area contributed by atoms with Crippen LogP contribution in [0, 0.1) is 0 Å². The van der Waals surface area contributed by atoms with Gasteiger partial charge in [0.05, 0.1) is 54.2 Å². The lowest BCUT2D eigenvalue weighted by Crippen LogP contribution is -2.65. The van der Waals surface area contributed by atoms with Crippen LogP contribution in [0.4, 0.5) is 0 Å². The predicted octanol–water partition coefficient (Wildman–Crippen LogP) is 0.147. The van der Waals surface area contributed by atoms with Gasteiger partial charge in [-0.05, 0) is 131 Å². The number of ketones is 3. The number of nitrogens with two attached hydrogens (primary N) is 1. The van der Waals surface area contributed by atoms with E-state index in [-0.39, 0.29) is 66.8 Å². The summed E-state index contributed by atoms with van der Waals surface area (Å²) in [4.78, 5) is 135. The van der Waals surface area contributed by atoms with Crippen LogP contribution in [-0.4, -0.2) is 248 Å². The summed E-state index contributed by atoms with van der Waals surface area (Å²) in [6.07, 6.45) is -31.1. The summed E-state index contributed by atoms with van der Waals surface area (Å²) < 4.78 is 57.3. The fourth-order valence-corrected chi connectivity index (χ4v) is 16.2. The summed E-state index contributed by atoms with van der Waals surface area (Å²) in [5.41, 5.74) is 4.76. The number of aromatic hydroxyl groups is 4. The van der Waals surface area contributed by atoms with Crippen LogP contribution in [0.3, 0.4) is 0 Å². The molecule has 7 aromatic carbocycles. The van der Waals surface area contributed by atoms with Crippen molar-refractivity contribution in [3.8, 4) is 80.1 Å². The number of hydrogen-bond acceptors (Lipinski definition) is 33. The number of benzene rings is 7. The van der Waals surface area contributed by atoms with Gasteiger partial charge in [0.25, 0.3) is 0 Å². The van der Waals surface area contributed by atoms with Gasteiger partial charge in [0.1, 0.15) is 143 Å². The van der Waals surface area contributed by atoms with Gasteiger partial charge in [-0.1, -0.05) is 47.5 Å². The Morgan fingerprint density at radius 2 is 1.09 bits per heavy atom. The van der Waals surface area contributed by atoms with Gasteiger partial charge in [-0.25, -0.2) is 0 Å². The highest BCUT2D eigenvalue weighted by molar-refractivity contribution is 6.32. The molecule has 41 heteroatoms. The van der Waals surface area contributed by atoms with Crippen LogP contribution in [0.1, 0.15) is 102 Å². The summed E-state index contributed by atoms with van der Waals surface area (Å²) in [5.74, 6) is -20.0. The van der Waals surface area contributed by atoms with Crippen molar-refractivity contribution < 1.29 is 157 Å². The molecule has 3 fully saturated rings. The quantitative estimate of drug-likeness (QED) is 0.0683. The van der Waals surface area contributed by atoms with Crippen LogP contribution in [0.5, 0.6) is 69.0 Å². The van der Waals surface area contributed by atoms with Gasteiger partial charge in [-0.3, -0.25) is 43.2 Å². The normalized spacial score (nSPS) is 29.5. The van der Waals surface area contributed by atoms with E-state index in [4.69, 9.17) is 71.6 Å². The summed E-state index contributed by atoms with van der Waals surface area (Å²) >= 11 is 14.6. The Kier molecular flexibility index (Phi) is 26.3. The number of halogens is 2. The third-order valence-electron chi connectivity index (χ3n) is 22.1. The first-order valence-corrected chi connectivity index (χ1v) is 39.6. The average Bonchev–Trinajstić information content (AvgIpc) is 0.759. The molecule has 658 valence electrons. The number of rotatable bonds is 13. The van der Waals surface area contributed by atoms with Crippen molar-refractivity contribution in [3.05, 3.63) is 164 Å². The van der Waals surface area contributed by atoms with Crippen molar-refractivity contribution >= 4 is 76.0 Å². The Balaban J connectivity index is 1.04. The average molecular weight is 1760 g/mol. The van der Waals surface area contributed by atoms with Crippen molar-refractivity contribution in [2.24, 2.45) is 5.73 Å². The topological polar surface area (TPSA) is 618 Å². The number of Topliss-reactive ketones (excluding diaryl/α,β-unsaturated/α-hetero) is 3. The molecule has 22 atom stereocenters. The van der Waals surface area contributed by atoms with Crippen molar-refractivity contribution in [1.29, 1.82) is 0 Å². The first kappa shape index (κ1) is 88.8. The third kappa shape index (κ3) is 18.5. The zero-order valence-corrected chi connectivity index (χ0v) is 66.8. The number of aliphatic hydroxyl groups is 10. The lowest BCUT2D eigenvalue weighted by Gasteiger charge is -2.44. The number of aliphatic hydroxyl groups excluding tert-OH is 10. The van der Waals surface area contributed by atoms with Crippen molar-refractivity contribution in [3.63, 3.8) is 0 Å². The minimum Gasteiger partial charge on any atom is -0.508 e. The first-order chi connectivity index (χ1) is 59.0. The Bertz CT molecular complexity index is 5350. The molecule has 7 aromatic rings. The molecule has 22 N–H and O–H groups in total. The number of carbonyl (C=O) groups excluding carboxylic acids is 9. The van der Waals surface area contributed by atoms with Gasteiger partial charge in [0, 0.05) is 49.6 Å². The number of nitrogens with one attached hydrogen (secondary N) is 6. The van der Waals surface area contributed by atoms with E-state index in [0.717, 1.165) is 86.6 Å². The van der Waals surface area contributed by atoms with Gasteiger partial charge < -0.3 is 152 Å². The van der Waals surface area contributed by atoms with Gasteiger partial charge in [0.15, 0.2) is 40.9 Å². The van der Waals surface area contributed by atoms with E-state index >= 15 is 24.0 Å². The largest absolute Gasteiger partial charge is 0.508 e. The third-order valence-corrected chi connectivity index (χ3v) is 22.7. The molecule has 9 aliphatic heterocycles. The number of ether oxygens (including phenoxy) is 9. The Morgan fingerprint density at radius 1 is 0.508 bits per heavy atom. The zero-order chi connectivity index (χ0) is 88.9. The molecule has 124 heavy (non-hydrogen) atoms. The summed E-state index contributed by atoms with van der Waals surface area (Å²) in [6.45, 7) is -1.69. The highest BCUT2D eigenvalue weighted by Gasteiger charge is 2.52. The van der Waals surface area contributed by atoms with E-state index in [1.54, 1.807) is 0 Å². The van der Waals surface area contributed by atoms with Crippen LogP contribution in [0.25, 0.3) is 11.1 Å². The number of hydrogen-bond donors (Lipinski definition) is 21. The molecule has 6 amide bonds. The van der Waals surface area contributed by atoms with Crippen LogP contribution in [0.15, 0.2) is 115 Å². The predicted molar refractivity (Wildman–Crippen MR) is 422 cm³/mol. The zero-order valence-electron chi connectivity index (χ0n) is 65.3. The van der Waals surface area contributed by atoms with Crippen LogP contribution in [0.2, 0.25) is 10.0 Å². The lowest BCUT2D eigenvalue weighted by molar-refractivity contribution is -0.284. The van der Waals surface area contributed by atoms with E-state index < -0.39 is 301 Å². The van der Waals surface area contributed by atoms with Crippen molar-refractivity contribution in [2.75, 3.05) is 19.8 Å². The summed E-state index contributed by atoms with van der Waals surface area (Å²) in [7, 11) is 0. The molecular weight excluding hydrogens is 1680 g/mol. The van der Waals surface area contributed by atoms with E-state index in [9.17, 15) is 90.7 Å². The summed E-state index contributed by atoms with van der Waals surface area (Å²) in [5, 5.41) is 173. The first-order valence-electron chi connectivity index (χ1n) is 38.8. The molecule has 0 saturated carbocycles. The van der Waals surface area contributed by atoms with Crippen molar-refractivity contribution in [2.45, 2.75) is 180 Å². The second-order valence-corrected chi connectivity index (χ2v) is 31.6. The van der Waals surface area contributed by atoms with Crippen LogP contribution >= 0.6 is 23.2 Å². The Morgan fingerprint density at radius 3 is 1.74 bits per heavy atom.